The Bertz CT molecular complexity index is 793. The van der Waals surface area contributed by atoms with Gasteiger partial charge in [0.15, 0.2) is 0 Å². The van der Waals surface area contributed by atoms with Gasteiger partial charge in [-0.05, 0) is 77.7 Å². The third-order valence-electron chi connectivity index (χ3n) is 6.48. The van der Waals surface area contributed by atoms with Crippen molar-refractivity contribution in [2.45, 2.75) is 71.6 Å². The molecule has 1 aromatic carbocycles. The second-order valence-electron chi connectivity index (χ2n) is 9.56. The van der Waals surface area contributed by atoms with Crippen molar-refractivity contribution in [3.8, 4) is 0 Å². The van der Waals surface area contributed by atoms with Gasteiger partial charge in [0.2, 0.25) is 0 Å². The molecule has 0 heterocycles. The molecule has 0 aromatic heterocycles. The Morgan fingerprint density at radius 2 is 1.69 bits per heavy atom. The highest BCUT2D eigenvalue weighted by molar-refractivity contribution is 5.74. The molecule has 1 saturated carbocycles. The number of fused-ring (bicyclic) bond motifs is 1. The van der Waals surface area contributed by atoms with Gasteiger partial charge in [0.1, 0.15) is 0 Å². The number of carboxylic acids is 1. The molecule has 2 atom stereocenters. The summed E-state index contributed by atoms with van der Waals surface area (Å²) in [6.45, 7) is 13.8. The summed E-state index contributed by atoms with van der Waals surface area (Å²) in [7, 11) is 0. The van der Waals surface area contributed by atoms with Gasteiger partial charge < -0.3 is 5.11 Å². The summed E-state index contributed by atoms with van der Waals surface area (Å²) >= 11 is 0. The largest absolute Gasteiger partial charge is 0.481 e. The van der Waals surface area contributed by atoms with Crippen LogP contribution in [0, 0.1) is 18.8 Å². The Morgan fingerprint density at radius 3 is 2.23 bits per heavy atom. The predicted octanol–water partition coefficient (Wildman–Crippen LogP) is 6.02. The highest BCUT2D eigenvalue weighted by Crippen LogP contribution is 2.47. The van der Waals surface area contributed by atoms with E-state index in [0.717, 1.165) is 6.42 Å². The summed E-state index contributed by atoms with van der Waals surface area (Å²) in [5, 5.41) is 9.00. The minimum absolute atomic E-state index is 0.173. The first-order valence-corrected chi connectivity index (χ1v) is 9.77. The molecule has 2 aliphatic rings. The van der Waals surface area contributed by atoms with E-state index in [-0.39, 0.29) is 22.7 Å². The number of rotatable bonds is 4. The molecule has 0 radical (unpaired) electrons. The normalized spacial score (nSPS) is 26.6. The van der Waals surface area contributed by atoms with Crippen LogP contribution in [0.4, 0.5) is 0 Å². The molecule has 3 rings (SSSR count). The van der Waals surface area contributed by atoms with Gasteiger partial charge in [-0.25, -0.2) is 0 Å². The van der Waals surface area contributed by atoms with Crippen molar-refractivity contribution in [2.24, 2.45) is 11.8 Å². The number of allylic oxidation sites excluding steroid dienone is 4. The van der Waals surface area contributed by atoms with Crippen LogP contribution in [0.3, 0.4) is 0 Å². The van der Waals surface area contributed by atoms with Crippen LogP contribution < -0.4 is 0 Å². The number of carboxylic acid groups (broad SMARTS) is 1. The van der Waals surface area contributed by atoms with Crippen molar-refractivity contribution in [2.75, 3.05) is 0 Å². The number of hydrogen-bond acceptors (Lipinski definition) is 1. The summed E-state index contributed by atoms with van der Waals surface area (Å²) in [6.07, 6.45) is 9.44. The summed E-state index contributed by atoms with van der Waals surface area (Å²) < 4.78 is 0. The van der Waals surface area contributed by atoms with E-state index in [0.29, 0.717) is 0 Å². The molecule has 2 aliphatic carbocycles. The van der Waals surface area contributed by atoms with Crippen LogP contribution in [0.5, 0.6) is 0 Å². The molecule has 1 N–H and O–H groups in total. The Labute approximate surface area is 158 Å². The van der Waals surface area contributed by atoms with E-state index in [1.165, 1.54) is 40.7 Å². The van der Waals surface area contributed by atoms with Crippen LogP contribution in [0.2, 0.25) is 0 Å². The molecule has 1 fully saturated rings. The second-order valence-corrected chi connectivity index (χ2v) is 9.56. The predicted molar refractivity (Wildman–Crippen MR) is 108 cm³/mol. The first kappa shape index (κ1) is 18.9. The van der Waals surface area contributed by atoms with Gasteiger partial charge in [0.05, 0.1) is 5.92 Å². The zero-order valence-corrected chi connectivity index (χ0v) is 17.0. The summed E-state index contributed by atoms with van der Waals surface area (Å²) in [5.74, 6) is -0.634. The third-order valence-corrected chi connectivity index (χ3v) is 6.48. The molecular formula is C24H32O2. The monoisotopic (exact) mass is 352 g/mol. The molecule has 0 aliphatic heterocycles. The summed E-state index contributed by atoms with van der Waals surface area (Å²) in [6, 6.07) is 4.80. The van der Waals surface area contributed by atoms with Gasteiger partial charge in [-0.2, -0.15) is 0 Å². The lowest BCUT2D eigenvalue weighted by atomic mass is 9.62. The maximum absolute atomic E-state index is 10.9. The SMILES string of the molecule is CC(=CC=C[C@H]1C[C@H]1C(=O)O)c1cc2c(cc1C)C(C)(C)CCC2(C)C. The van der Waals surface area contributed by atoms with Crippen LogP contribution in [-0.4, -0.2) is 11.1 Å². The van der Waals surface area contributed by atoms with Crippen molar-refractivity contribution >= 4 is 11.5 Å². The van der Waals surface area contributed by atoms with Crippen LogP contribution in [0.15, 0.2) is 30.4 Å². The van der Waals surface area contributed by atoms with Gasteiger partial charge in [-0.15, -0.1) is 0 Å². The zero-order valence-electron chi connectivity index (χ0n) is 17.0. The molecule has 0 spiro atoms. The number of carbonyl (C=O) groups is 1. The van der Waals surface area contributed by atoms with Gasteiger partial charge in [-0.3, -0.25) is 4.79 Å². The minimum Gasteiger partial charge on any atom is -0.481 e. The van der Waals surface area contributed by atoms with E-state index in [9.17, 15) is 4.79 Å². The smallest absolute Gasteiger partial charge is 0.307 e. The van der Waals surface area contributed by atoms with E-state index in [1.54, 1.807) is 0 Å². The van der Waals surface area contributed by atoms with E-state index >= 15 is 0 Å². The van der Waals surface area contributed by atoms with E-state index in [2.05, 4.69) is 59.8 Å². The molecule has 0 amide bonds. The molecule has 140 valence electrons. The number of benzene rings is 1. The lowest BCUT2D eigenvalue weighted by molar-refractivity contribution is -0.138. The Morgan fingerprint density at radius 1 is 1.12 bits per heavy atom. The summed E-state index contributed by atoms with van der Waals surface area (Å²) in [5.41, 5.74) is 7.32. The fraction of sp³-hybridized carbons (Fsp3) is 0.542. The maximum atomic E-state index is 10.9. The van der Waals surface area contributed by atoms with Crippen molar-refractivity contribution in [3.63, 3.8) is 0 Å². The van der Waals surface area contributed by atoms with Crippen molar-refractivity contribution < 1.29 is 9.90 Å². The zero-order chi connectivity index (χ0) is 19.3. The quantitative estimate of drug-likeness (QED) is 0.672. The van der Waals surface area contributed by atoms with Crippen molar-refractivity contribution in [3.05, 3.63) is 52.6 Å². The second kappa shape index (κ2) is 6.40. The Balaban J connectivity index is 1.90. The van der Waals surface area contributed by atoms with Crippen LogP contribution >= 0.6 is 0 Å². The molecule has 1 aromatic rings. The van der Waals surface area contributed by atoms with E-state index in [4.69, 9.17) is 5.11 Å². The van der Waals surface area contributed by atoms with Crippen LogP contribution in [0.25, 0.3) is 5.57 Å². The van der Waals surface area contributed by atoms with E-state index < -0.39 is 5.97 Å². The lowest BCUT2D eigenvalue weighted by Crippen LogP contribution is -2.34. The van der Waals surface area contributed by atoms with Crippen molar-refractivity contribution in [1.29, 1.82) is 0 Å². The molecule has 0 saturated heterocycles. The Hall–Kier alpha value is -1.83. The van der Waals surface area contributed by atoms with E-state index in [1.807, 2.05) is 12.2 Å². The molecular weight excluding hydrogens is 320 g/mol. The number of aryl methyl sites for hydroxylation is 1. The topological polar surface area (TPSA) is 37.3 Å². The lowest BCUT2D eigenvalue weighted by Gasteiger charge is -2.42. The van der Waals surface area contributed by atoms with Gasteiger partial charge in [0.25, 0.3) is 0 Å². The number of aliphatic carboxylic acids is 1. The third kappa shape index (κ3) is 3.51. The molecule has 0 bridgehead atoms. The minimum atomic E-state index is -0.671. The molecule has 2 nitrogen and oxygen atoms in total. The van der Waals surface area contributed by atoms with Gasteiger partial charge in [-0.1, -0.05) is 58.1 Å². The molecule has 2 heteroatoms. The van der Waals surface area contributed by atoms with Gasteiger partial charge >= 0.3 is 5.97 Å². The first-order chi connectivity index (χ1) is 12.0. The highest BCUT2D eigenvalue weighted by Gasteiger charge is 2.41. The summed E-state index contributed by atoms with van der Waals surface area (Å²) in [4.78, 5) is 10.9. The van der Waals surface area contributed by atoms with Gasteiger partial charge in [0, 0.05) is 0 Å². The standard InChI is InChI=1S/C24H32O2/c1-15(8-7-9-17-13-19(17)22(25)26)18-14-21-20(12-16(18)2)23(3,4)10-11-24(21,5)6/h7-9,12,14,17,19H,10-11,13H2,1-6H3,(H,25,26)/t17-,19+/m0/s1. The molecule has 0 unspecified atom stereocenters. The first-order valence-electron chi connectivity index (χ1n) is 9.77. The molecule has 26 heavy (non-hydrogen) atoms. The fourth-order valence-corrected chi connectivity index (χ4v) is 4.29. The Kier molecular flexibility index (Phi) is 4.67. The maximum Gasteiger partial charge on any atom is 0.307 e. The fourth-order valence-electron chi connectivity index (χ4n) is 4.29. The number of hydrogen-bond donors (Lipinski definition) is 1. The van der Waals surface area contributed by atoms with Crippen LogP contribution in [-0.2, 0) is 15.6 Å². The highest BCUT2D eigenvalue weighted by atomic mass is 16.4. The van der Waals surface area contributed by atoms with Crippen molar-refractivity contribution in [1.82, 2.24) is 0 Å². The van der Waals surface area contributed by atoms with Crippen LogP contribution in [0.1, 0.15) is 76.1 Å². The average molecular weight is 353 g/mol. The average Bonchev–Trinajstić information content (AvgIpc) is 3.31.